The molecule has 0 aliphatic heterocycles. The van der Waals surface area contributed by atoms with Gasteiger partial charge in [-0.2, -0.15) is 0 Å². The van der Waals surface area contributed by atoms with Gasteiger partial charge in [0.05, 0.1) is 0 Å². The van der Waals surface area contributed by atoms with Crippen LogP contribution in [-0.2, 0) is 9.53 Å². The first-order chi connectivity index (χ1) is 8.22. The highest BCUT2D eigenvalue weighted by atomic mass is 16.5. The number of methoxy groups -OCH3 is 1. The van der Waals surface area contributed by atoms with E-state index in [1.54, 1.807) is 0 Å². The van der Waals surface area contributed by atoms with Gasteiger partial charge < -0.3 is 15.2 Å². The fourth-order valence-corrected chi connectivity index (χ4v) is 1.71. The van der Waals surface area contributed by atoms with Gasteiger partial charge in [0.15, 0.2) is 0 Å². The van der Waals surface area contributed by atoms with Crippen LogP contribution in [0.1, 0.15) is 0 Å². The summed E-state index contributed by atoms with van der Waals surface area (Å²) in [5.74, 6) is -1.04. The standard InChI is InChI=1S/C13H13NO3/c1-17-12(13(15)16)14-11-8-4-6-9-5-2-3-7-10(9)11/h2-8,12,14H,1H3,(H,15,16). The van der Waals surface area contributed by atoms with Gasteiger partial charge in [0.2, 0.25) is 6.23 Å². The van der Waals surface area contributed by atoms with Crippen LogP contribution in [0.4, 0.5) is 5.69 Å². The molecule has 0 bridgehead atoms. The molecule has 2 aromatic carbocycles. The Morgan fingerprint density at radius 3 is 2.65 bits per heavy atom. The van der Waals surface area contributed by atoms with E-state index in [0.717, 1.165) is 16.5 Å². The number of ether oxygens (including phenoxy) is 1. The molecular formula is C13H13NO3. The molecule has 88 valence electrons. The zero-order valence-corrected chi connectivity index (χ0v) is 9.38. The number of carbonyl (C=O) groups is 1. The Balaban J connectivity index is 2.38. The van der Waals surface area contributed by atoms with Gasteiger partial charge in [0, 0.05) is 18.2 Å². The van der Waals surface area contributed by atoms with E-state index in [1.807, 2.05) is 42.5 Å². The molecule has 1 atom stereocenters. The summed E-state index contributed by atoms with van der Waals surface area (Å²) in [6.07, 6.45) is -1.04. The number of aliphatic carboxylic acids is 1. The number of anilines is 1. The number of hydrogen-bond acceptors (Lipinski definition) is 3. The van der Waals surface area contributed by atoms with Crippen molar-refractivity contribution in [3.63, 3.8) is 0 Å². The summed E-state index contributed by atoms with van der Waals surface area (Å²) in [7, 11) is 1.36. The number of rotatable bonds is 4. The number of fused-ring (bicyclic) bond motifs is 1. The van der Waals surface area contributed by atoms with Crippen molar-refractivity contribution >= 4 is 22.4 Å². The van der Waals surface area contributed by atoms with E-state index >= 15 is 0 Å². The largest absolute Gasteiger partial charge is 0.478 e. The van der Waals surface area contributed by atoms with Crippen LogP contribution in [0.15, 0.2) is 42.5 Å². The van der Waals surface area contributed by atoms with Crippen molar-refractivity contribution in [1.29, 1.82) is 0 Å². The van der Waals surface area contributed by atoms with Crippen LogP contribution in [-0.4, -0.2) is 24.4 Å². The second kappa shape index (κ2) is 4.84. The first kappa shape index (κ1) is 11.4. The summed E-state index contributed by atoms with van der Waals surface area (Å²) in [6.45, 7) is 0. The Labute approximate surface area is 98.8 Å². The van der Waals surface area contributed by atoms with E-state index in [0.29, 0.717) is 0 Å². The molecule has 0 aromatic heterocycles. The van der Waals surface area contributed by atoms with Gasteiger partial charge in [-0.3, -0.25) is 0 Å². The van der Waals surface area contributed by atoms with Crippen molar-refractivity contribution in [2.75, 3.05) is 12.4 Å². The predicted octanol–water partition coefficient (Wildman–Crippen LogP) is 2.31. The van der Waals surface area contributed by atoms with Crippen molar-refractivity contribution < 1.29 is 14.6 Å². The maximum atomic E-state index is 10.9. The van der Waals surface area contributed by atoms with Gasteiger partial charge in [-0.1, -0.05) is 36.4 Å². The molecule has 17 heavy (non-hydrogen) atoms. The van der Waals surface area contributed by atoms with E-state index in [4.69, 9.17) is 9.84 Å². The molecule has 2 N–H and O–H groups in total. The van der Waals surface area contributed by atoms with Crippen LogP contribution in [0.25, 0.3) is 10.8 Å². The van der Waals surface area contributed by atoms with E-state index in [9.17, 15) is 4.79 Å². The Kier molecular flexibility index (Phi) is 3.25. The first-order valence-electron chi connectivity index (χ1n) is 5.22. The van der Waals surface area contributed by atoms with Gasteiger partial charge in [-0.25, -0.2) is 4.79 Å². The van der Waals surface area contributed by atoms with Gasteiger partial charge in [-0.15, -0.1) is 0 Å². The lowest BCUT2D eigenvalue weighted by Crippen LogP contribution is -2.30. The summed E-state index contributed by atoms with van der Waals surface area (Å²) in [5, 5.41) is 13.8. The van der Waals surface area contributed by atoms with Crippen molar-refractivity contribution in [1.82, 2.24) is 0 Å². The maximum Gasteiger partial charge on any atom is 0.353 e. The molecule has 0 aliphatic rings. The molecule has 0 aliphatic carbocycles. The second-order valence-corrected chi connectivity index (χ2v) is 3.63. The highest BCUT2D eigenvalue weighted by molar-refractivity contribution is 5.94. The normalized spacial score (nSPS) is 12.3. The minimum Gasteiger partial charge on any atom is -0.478 e. The van der Waals surface area contributed by atoms with Crippen molar-refractivity contribution in [2.24, 2.45) is 0 Å². The van der Waals surface area contributed by atoms with E-state index in [2.05, 4.69) is 5.32 Å². The highest BCUT2D eigenvalue weighted by Gasteiger charge is 2.16. The minimum absolute atomic E-state index is 0.748. The highest BCUT2D eigenvalue weighted by Crippen LogP contribution is 2.23. The van der Waals surface area contributed by atoms with E-state index in [-0.39, 0.29) is 0 Å². The van der Waals surface area contributed by atoms with Crippen LogP contribution < -0.4 is 5.32 Å². The fourth-order valence-electron chi connectivity index (χ4n) is 1.71. The van der Waals surface area contributed by atoms with Crippen LogP contribution in [0.5, 0.6) is 0 Å². The topological polar surface area (TPSA) is 58.6 Å². The summed E-state index contributed by atoms with van der Waals surface area (Å²) >= 11 is 0. The molecule has 4 heteroatoms. The number of benzene rings is 2. The third kappa shape index (κ3) is 2.37. The molecule has 0 saturated carbocycles. The van der Waals surface area contributed by atoms with E-state index < -0.39 is 12.2 Å². The van der Waals surface area contributed by atoms with Gasteiger partial charge in [0.25, 0.3) is 0 Å². The average molecular weight is 231 g/mol. The third-order valence-electron chi connectivity index (χ3n) is 2.54. The van der Waals surface area contributed by atoms with Gasteiger partial charge >= 0.3 is 5.97 Å². The number of hydrogen-bond donors (Lipinski definition) is 2. The summed E-state index contributed by atoms with van der Waals surface area (Å²) in [5.41, 5.74) is 0.748. The van der Waals surface area contributed by atoms with Crippen molar-refractivity contribution in [3.8, 4) is 0 Å². The average Bonchev–Trinajstić information content (AvgIpc) is 2.35. The maximum absolute atomic E-state index is 10.9. The third-order valence-corrected chi connectivity index (χ3v) is 2.54. The van der Waals surface area contributed by atoms with Crippen LogP contribution in [0.2, 0.25) is 0 Å². The summed E-state index contributed by atoms with van der Waals surface area (Å²) in [6, 6.07) is 13.4. The first-order valence-corrected chi connectivity index (χ1v) is 5.22. The summed E-state index contributed by atoms with van der Waals surface area (Å²) < 4.78 is 4.85. The van der Waals surface area contributed by atoms with Gasteiger partial charge in [-0.05, 0) is 11.5 Å². The second-order valence-electron chi connectivity index (χ2n) is 3.63. The predicted molar refractivity (Wildman–Crippen MR) is 66.0 cm³/mol. The van der Waals surface area contributed by atoms with Gasteiger partial charge in [0.1, 0.15) is 0 Å². The zero-order valence-electron chi connectivity index (χ0n) is 9.38. The molecule has 2 aromatic rings. The minimum atomic E-state index is -1.04. The van der Waals surface area contributed by atoms with Crippen molar-refractivity contribution in [3.05, 3.63) is 42.5 Å². The van der Waals surface area contributed by atoms with Crippen LogP contribution in [0.3, 0.4) is 0 Å². The molecule has 0 saturated heterocycles. The Hall–Kier alpha value is -2.07. The Morgan fingerprint density at radius 1 is 1.24 bits per heavy atom. The lowest BCUT2D eigenvalue weighted by molar-refractivity contribution is -0.146. The van der Waals surface area contributed by atoms with Crippen molar-refractivity contribution in [2.45, 2.75) is 6.23 Å². The molecule has 0 spiro atoms. The number of nitrogens with one attached hydrogen (secondary N) is 1. The fraction of sp³-hybridized carbons (Fsp3) is 0.154. The summed E-state index contributed by atoms with van der Waals surface area (Å²) in [4.78, 5) is 10.9. The van der Waals surface area contributed by atoms with Crippen LogP contribution >= 0.6 is 0 Å². The SMILES string of the molecule is COC(Nc1cccc2ccccc12)C(=O)O. The lowest BCUT2D eigenvalue weighted by atomic mass is 10.1. The molecular weight excluding hydrogens is 218 g/mol. The molecule has 4 nitrogen and oxygen atoms in total. The molecule has 0 heterocycles. The molecule has 2 rings (SSSR count). The Morgan fingerprint density at radius 2 is 1.94 bits per heavy atom. The molecule has 1 unspecified atom stereocenters. The quantitative estimate of drug-likeness (QED) is 0.793. The molecule has 0 radical (unpaired) electrons. The Bertz CT molecular complexity index is 534. The number of carboxylic acids is 1. The van der Waals surface area contributed by atoms with E-state index in [1.165, 1.54) is 7.11 Å². The molecule has 0 amide bonds. The monoisotopic (exact) mass is 231 g/mol. The number of carboxylic acid groups (broad SMARTS) is 1. The molecule has 0 fully saturated rings. The smallest absolute Gasteiger partial charge is 0.353 e. The lowest BCUT2D eigenvalue weighted by Gasteiger charge is -2.15. The van der Waals surface area contributed by atoms with Crippen LogP contribution in [0, 0.1) is 0 Å². The zero-order chi connectivity index (χ0) is 12.3.